The van der Waals surface area contributed by atoms with Gasteiger partial charge in [-0.1, -0.05) is 78.9 Å². The molecule has 1 aromatic heterocycles. The molecule has 8 aromatic carbocycles. The molecule has 38 heavy (non-hydrogen) atoms. The molecule has 0 aliphatic rings. The summed E-state index contributed by atoms with van der Waals surface area (Å²) >= 11 is 0. The van der Waals surface area contributed by atoms with Crippen molar-refractivity contribution in [3.63, 3.8) is 0 Å². The van der Waals surface area contributed by atoms with E-state index in [9.17, 15) is 5.26 Å². The van der Waals surface area contributed by atoms with Crippen molar-refractivity contribution < 1.29 is 0 Å². The van der Waals surface area contributed by atoms with Crippen molar-refractivity contribution in [3.05, 3.63) is 95.6 Å². The first-order valence-corrected chi connectivity index (χ1v) is 12.9. The summed E-state index contributed by atoms with van der Waals surface area (Å²) in [5, 5.41) is 23.8. The predicted molar refractivity (Wildman–Crippen MR) is 159 cm³/mol. The first-order valence-electron chi connectivity index (χ1n) is 12.9. The van der Waals surface area contributed by atoms with Gasteiger partial charge in [0, 0.05) is 43.1 Å². The minimum absolute atomic E-state index is 0.716. The lowest BCUT2D eigenvalue weighted by Crippen LogP contribution is -1.87. The highest BCUT2D eigenvalue weighted by atomic mass is 14.8. The van der Waals surface area contributed by atoms with E-state index in [1.807, 2.05) is 24.3 Å². The van der Waals surface area contributed by atoms with Crippen LogP contribution in [0.25, 0.3) is 86.7 Å². The second-order valence-electron chi connectivity index (χ2n) is 10.5. The Morgan fingerprint density at radius 2 is 1.03 bits per heavy atom. The van der Waals surface area contributed by atoms with E-state index in [1.165, 1.54) is 38.1 Å². The van der Waals surface area contributed by atoms with Gasteiger partial charge >= 0.3 is 0 Å². The summed E-state index contributed by atoms with van der Waals surface area (Å²) in [6.07, 6.45) is 0. The third-order valence-electron chi connectivity index (χ3n) is 8.68. The van der Waals surface area contributed by atoms with Gasteiger partial charge in [0.15, 0.2) is 0 Å². The van der Waals surface area contributed by atoms with Crippen LogP contribution in [0.15, 0.2) is 78.9 Å². The number of hydrogen-bond acceptors (Lipinski definition) is 3. The lowest BCUT2D eigenvalue weighted by molar-refractivity contribution is 1.46. The number of nitrogens with zero attached hydrogens (tertiary/aromatic N) is 3. The Kier molecular flexibility index (Phi) is 3.49. The van der Waals surface area contributed by atoms with Gasteiger partial charge in [0.2, 0.25) is 0 Å². The summed E-state index contributed by atoms with van der Waals surface area (Å²) in [6.45, 7) is 4.43. The predicted octanol–water partition coefficient (Wildman–Crippen LogP) is 9.07. The largest absolute Gasteiger partial charge is 0.243 e. The van der Waals surface area contributed by atoms with Gasteiger partial charge in [0.25, 0.3) is 0 Å². The highest BCUT2D eigenvalue weighted by Gasteiger charge is 2.24. The summed E-state index contributed by atoms with van der Waals surface area (Å²) in [6, 6.07) is 30.0. The number of hydrogen-bond donors (Lipinski definition) is 0. The van der Waals surface area contributed by atoms with Crippen molar-refractivity contribution in [1.82, 2.24) is 9.97 Å². The number of nitriles is 1. The molecule has 174 valence electrons. The van der Waals surface area contributed by atoms with E-state index in [0.29, 0.717) is 5.56 Å². The Morgan fingerprint density at radius 3 is 1.74 bits per heavy atom. The van der Waals surface area contributed by atoms with Crippen LogP contribution in [0.4, 0.5) is 0 Å². The quantitative estimate of drug-likeness (QED) is 0.203. The third-order valence-corrected chi connectivity index (χ3v) is 8.68. The molecule has 0 saturated carbocycles. The Bertz CT molecular complexity index is 2530. The second kappa shape index (κ2) is 6.62. The number of aromatic nitrogens is 2. The maximum absolute atomic E-state index is 10.1. The molecular formula is C35H19N3. The van der Waals surface area contributed by atoms with E-state index in [0.717, 1.165) is 59.8 Å². The fraction of sp³-hybridized carbons (Fsp3) is 0.0571. The van der Waals surface area contributed by atoms with Gasteiger partial charge in [0.05, 0.1) is 27.6 Å². The van der Waals surface area contributed by atoms with E-state index in [-0.39, 0.29) is 0 Å². The zero-order valence-corrected chi connectivity index (χ0v) is 20.8. The molecule has 0 unspecified atom stereocenters. The van der Waals surface area contributed by atoms with E-state index in [4.69, 9.17) is 9.97 Å². The summed E-state index contributed by atoms with van der Waals surface area (Å²) in [5.41, 5.74) is 7.04. The van der Waals surface area contributed by atoms with Crippen LogP contribution in [-0.4, -0.2) is 9.97 Å². The van der Waals surface area contributed by atoms with Crippen molar-refractivity contribution in [2.24, 2.45) is 0 Å². The summed E-state index contributed by atoms with van der Waals surface area (Å²) < 4.78 is 0. The van der Waals surface area contributed by atoms with Crippen molar-refractivity contribution in [1.29, 1.82) is 5.26 Å². The van der Waals surface area contributed by atoms with Crippen LogP contribution < -0.4 is 0 Å². The average Bonchev–Trinajstić information content (AvgIpc) is 3.45. The first kappa shape index (κ1) is 20.0. The molecule has 9 rings (SSSR count). The fourth-order valence-electron chi connectivity index (χ4n) is 7.14. The van der Waals surface area contributed by atoms with Crippen LogP contribution in [0.5, 0.6) is 0 Å². The van der Waals surface area contributed by atoms with Crippen LogP contribution in [0.2, 0.25) is 0 Å². The van der Waals surface area contributed by atoms with E-state index in [2.05, 4.69) is 74.5 Å². The molecule has 3 nitrogen and oxygen atoms in total. The zero-order chi connectivity index (χ0) is 25.3. The molecule has 0 aliphatic heterocycles. The van der Waals surface area contributed by atoms with Crippen molar-refractivity contribution >= 4 is 86.7 Å². The van der Waals surface area contributed by atoms with E-state index >= 15 is 0 Å². The molecule has 1 heterocycles. The zero-order valence-electron chi connectivity index (χ0n) is 20.8. The Hall–Kier alpha value is -5.07. The van der Waals surface area contributed by atoms with E-state index in [1.54, 1.807) is 0 Å². The van der Waals surface area contributed by atoms with Crippen LogP contribution in [0.1, 0.15) is 16.7 Å². The molecule has 0 atom stereocenters. The topological polar surface area (TPSA) is 49.6 Å². The monoisotopic (exact) mass is 481 g/mol. The molecule has 0 aliphatic carbocycles. The fourth-order valence-corrected chi connectivity index (χ4v) is 7.14. The third kappa shape index (κ3) is 2.13. The van der Waals surface area contributed by atoms with E-state index < -0.39 is 0 Å². The van der Waals surface area contributed by atoms with Gasteiger partial charge in [-0.15, -0.1) is 0 Å². The van der Waals surface area contributed by atoms with Crippen LogP contribution >= 0.6 is 0 Å². The summed E-state index contributed by atoms with van der Waals surface area (Å²) in [4.78, 5) is 10.9. The van der Waals surface area contributed by atoms with Crippen molar-refractivity contribution in [2.75, 3.05) is 0 Å². The summed E-state index contributed by atoms with van der Waals surface area (Å²) in [5.74, 6) is 0. The average molecular weight is 482 g/mol. The highest BCUT2D eigenvalue weighted by molar-refractivity contribution is 6.40. The Balaban J connectivity index is 1.63. The highest BCUT2D eigenvalue weighted by Crippen LogP contribution is 2.47. The van der Waals surface area contributed by atoms with Crippen LogP contribution in [0.3, 0.4) is 0 Å². The normalized spacial score (nSPS) is 12.4. The van der Waals surface area contributed by atoms with Gasteiger partial charge in [-0.3, -0.25) is 0 Å². The molecular weight excluding hydrogens is 462 g/mol. The minimum Gasteiger partial charge on any atom is -0.243 e. The number of fused-ring (bicyclic) bond motifs is 10. The molecule has 0 radical (unpaired) electrons. The Morgan fingerprint density at radius 1 is 0.474 bits per heavy atom. The second-order valence-corrected chi connectivity index (χ2v) is 10.5. The molecule has 0 amide bonds. The first-order chi connectivity index (χ1) is 18.7. The smallest absolute Gasteiger partial charge is 0.100 e. The summed E-state index contributed by atoms with van der Waals surface area (Å²) in [7, 11) is 0. The van der Waals surface area contributed by atoms with Crippen molar-refractivity contribution in [2.45, 2.75) is 13.8 Å². The molecule has 9 aromatic rings. The number of benzene rings is 6. The van der Waals surface area contributed by atoms with Crippen molar-refractivity contribution in [3.8, 4) is 6.07 Å². The molecule has 0 spiro atoms. The maximum Gasteiger partial charge on any atom is 0.100 e. The van der Waals surface area contributed by atoms with Crippen LogP contribution in [0, 0.1) is 25.2 Å². The van der Waals surface area contributed by atoms with Gasteiger partial charge in [0.1, 0.15) is 6.07 Å². The minimum atomic E-state index is 0.716. The van der Waals surface area contributed by atoms with Gasteiger partial charge < -0.3 is 0 Å². The lowest BCUT2D eigenvalue weighted by Gasteiger charge is -2.11. The number of aryl methyl sites for hydroxylation is 2. The molecule has 0 bridgehead atoms. The lowest BCUT2D eigenvalue weighted by atomic mass is 9.92. The van der Waals surface area contributed by atoms with Gasteiger partial charge in [-0.25, -0.2) is 9.97 Å². The SMILES string of the molecule is Cc1ccc2c3nc4c(nc3c3c5ccccc5c(C)c1c23)c1cccc2c(C#N)c3ccccc3c4c21. The molecule has 0 saturated heterocycles. The van der Waals surface area contributed by atoms with Gasteiger partial charge in [-0.05, 0) is 46.5 Å². The standard InChI is InChI=1S/C35H19N3/c1-17-14-15-25-29-27(17)18(2)19-8-3-5-10-21(19)31(29)35-33(25)38-34-30-22-11-6-4-9-20(22)26(16-36)23-12-7-13-24(28(23)30)32(34)37-35/h3-15H,1-2H3. The molecule has 0 N–H and O–H groups in total. The molecule has 3 heteroatoms. The number of rotatable bonds is 0. The molecule has 0 fully saturated rings. The van der Waals surface area contributed by atoms with Gasteiger partial charge in [-0.2, -0.15) is 5.26 Å². The van der Waals surface area contributed by atoms with Crippen LogP contribution in [-0.2, 0) is 0 Å². The maximum atomic E-state index is 10.1. The Labute approximate surface area is 217 Å².